The second-order valence-electron chi connectivity index (χ2n) is 3.99. The van der Waals surface area contributed by atoms with Gasteiger partial charge in [-0.25, -0.2) is 4.99 Å². The van der Waals surface area contributed by atoms with Crippen LogP contribution in [0.2, 0.25) is 0 Å². The minimum absolute atomic E-state index is 0.517. The monoisotopic (exact) mass is 187 g/mol. The van der Waals surface area contributed by atoms with E-state index in [-0.39, 0.29) is 0 Å². The summed E-state index contributed by atoms with van der Waals surface area (Å²) in [5.41, 5.74) is 2.44. The van der Waals surface area contributed by atoms with Crippen molar-refractivity contribution in [3.63, 3.8) is 0 Å². The highest BCUT2D eigenvalue weighted by Gasteiger charge is 2.27. The van der Waals surface area contributed by atoms with E-state index in [1.165, 1.54) is 5.56 Å². The van der Waals surface area contributed by atoms with Gasteiger partial charge in [0.2, 0.25) is 0 Å². The Morgan fingerprint density at radius 2 is 2.29 bits per heavy atom. The van der Waals surface area contributed by atoms with Crippen LogP contribution in [0.25, 0.3) is 0 Å². The summed E-state index contributed by atoms with van der Waals surface area (Å²) in [6, 6.07) is 8.86. The van der Waals surface area contributed by atoms with Crippen molar-refractivity contribution in [2.24, 2.45) is 4.99 Å². The van der Waals surface area contributed by atoms with Crippen LogP contribution in [0.3, 0.4) is 0 Å². The molecule has 2 heterocycles. The van der Waals surface area contributed by atoms with Crippen LogP contribution < -0.4 is 5.32 Å². The Morgan fingerprint density at radius 3 is 3.21 bits per heavy atom. The molecule has 0 aromatic heterocycles. The molecule has 1 N–H and O–H groups in total. The lowest BCUT2D eigenvalue weighted by Gasteiger charge is -2.23. The predicted octanol–water partition coefficient (Wildman–Crippen LogP) is 1.48. The maximum atomic E-state index is 4.59. The van der Waals surface area contributed by atoms with E-state index >= 15 is 0 Å². The molecule has 1 aromatic rings. The lowest BCUT2D eigenvalue weighted by atomic mass is 10.1. The van der Waals surface area contributed by atoms with Crippen molar-refractivity contribution in [3.05, 3.63) is 29.8 Å². The van der Waals surface area contributed by atoms with Crippen molar-refractivity contribution in [1.29, 1.82) is 0 Å². The highest BCUT2D eigenvalue weighted by molar-refractivity contribution is 5.87. The fraction of sp³-hybridized carbons (Fsp3) is 0.364. The molecule has 72 valence electrons. The van der Waals surface area contributed by atoms with Crippen molar-refractivity contribution >= 4 is 11.6 Å². The molecule has 1 saturated heterocycles. The zero-order chi connectivity index (χ0) is 9.54. The first-order chi connectivity index (χ1) is 6.83. The average molecular weight is 187 g/mol. The van der Waals surface area contributed by atoms with E-state index in [1.807, 2.05) is 6.07 Å². The molecule has 1 unspecified atom stereocenters. The number of nitrogens with one attached hydrogen (secondary N) is 1. The van der Waals surface area contributed by atoms with Gasteiger partial charge in [-0.2, -0.15) is 0 Å². The van der Waals surface area contributed by atoms with E-state index in [4.69, 9.17) is 0 Å². The lowest BCUT2D eigenvalue weighted by molar-refractivity contribution is 0.429. The summed E-state index contributed by atoms with van der Waals surface area (Å²) in [6.45, 7) is 4.24. The van der Waals surface area contributed by atoms with Gasteiger partial charge in [0.15, 0.2) is 5.96 Å². The van der Waals surface area contributed by atoms with Crippen LogP contribution in [-0.2, 0) is 6.54 Å². The first-order valence-corrected chi connectivity index (χ1v) is 5.01. The Kier molecular flexibility index (Phi) is 1.54. The maximum Gasteiger partial charge on any atom is 0.199 e. The first-order valence-electron chi connectivity index (χ1n) is 5.01. The molecule has 1 atom stereocenters. The highest BCUT2D eigenvalue weighted by Crippen LogP contribution is 2.26. The van der Waals surface area contributed by atoms with Crippen LogP contribution in [0.5, 0.6) is 0 Å². The number of hydrogen-bond acceptors (Lipinski definition) is 3. The maximum absolute atomic E-state index is 4.59. The van der Waals surface area contributed by atoms with Gasteiger partial charge in [-0.05, 0) is 18.6 Å². The highest BCUT2D eigenvalue weighted by atomic mass is 15.4. The van der Waals surface area contributed by atoms with Crippen molar-refractivity contribution in [2.45, 2.75) is 19.5 Å². The summed E-state index contributed by atoms with van der Waals surface area (Å²) < 4.78 is 0. The third-order valence-electron chi connectivity index (χ3n) is 2.75. The summed E-state index contributed by atoms with van der Waals surface area (Å²) in [5, 5.41) is 3.37. The normalized spacial score (nSPS) is 23.6. The number of rotatable bonds is 0. The zero-order valence-electron chi connectivity index (χ0n) is 8.20. The molecule has 2 aliphatic heterocycles. The molecular weight excluding hydrogens is 174 g/mol. The summed E-state index contributed by atoms with van der Waals surface area (Å²) in [6.07, 6.45) is 0. The van der Waals surface area contributed by atoms with E-state index in [0.717, 1.165) is 24.7 Å². The number of hydrogen-bond donors (Lipinski definition) is 1. The third kappa shape index (κ3) is 1.09. The van der Waals surface area contributed by atoms with Gasteiger partial charge in [0.1, 0.15) is 0 Å². The summed E-state index contributed by atoms with van der Waals surface area (Å²) in [5.74, 6) is 1.04. The molecule has 1 fully saturated rings. The van der Waals surface area contributed by atoms with Crippen LogP contribution in [0, 0.1) is 0 Å². The van der Waals surface area contributed by atoms with Gasteiger partial charge in [-0.3, -0.25) is 0 Å². The molecular formula is C11H13N3. The number of para-hydroxylation sites is 1. The van der Waals surface area contributed by atoms with Crippen molar-refractivity contribution in [1.82, 2.24) is 10.2 Å². The topological polar surface area (TPSA) is 27.6 Å². The zero-order valence-corrected chi connectivity index (χ0v) is 8.20. The Labute approximate surface area is 83.4 Å². The van der Waals surface area contributed by atoms with E-state index < -0.39 is 0 Å². The van der Waals surface area contributed by atoms with Crippen LogP contribution in [0.4, 0.5) is 5.69 Å². The fourth-order valence-electron chi connectivity index (χ4n) is 2.09. The second kappa shape index (κ2) is 2.74. The minimum Gasteiger partial charge on any atom is -0.352 e. The molecule has 2 aliphatic rings. The summed E-state index contributed by atoms with van der Waals surface area (Å²) >= 11 is 0. The van der Waals surface area contributed by atoms with Crippen molar-refractivity contribution in [2.75, 3.05) is 6.54 Å². The van der Waals surface area contributed by atoms with Gasteiger partial charge in [0.05, 0.1) is 5.69 Å². The molecule has 14 heavy (non-hydrogen) atoms. The minimum atomic E-state index is 0.517. The Hall–Kier alpha value is -1.51. The van der Waals surface area contributed by atoms with Crippen LogP contribution in [-0.4, -0.2) is 23.4 Å². The summed E-state index contributed by atoms with van der Waals surface area (Å²) in [7, 11) is 0. The van der Waals surface area contributed by atoms with E-state index in [1.54, 1.807) is 0 Å². The van der Waals surface area contributed by atoms with Crippen molar-refractivity contribution in [3.8, 4) is 0 Å². The molecule has 0 amide bonds. The summed E-state index contributed by atoms with van der Waals surface area (Å²) in [4.78, 5) is 6.89. The fourth-order valence-corrected chi connectivity index (χ4v) is 2.09. The van der Waals surface area contributed by atoms with Gasteiger partial charge >= 0.3 is 0 Å². The largest absolute Gasteiger partial charge is 0.352 e. The number of aliphatic imine (C=N–C) groups is 1. The number of guanidine groups is 1. The molecule has 1 aromatic carbocycles. The molecule has 3 rings (SSSR count). The predicted molar refractivity (Wildman–Crippen MR) is 56.5 cm³/mol. The number of nitrogens with zero attached hydrogens (tertiary/aromatic N) is 2. The van der Waals surface area contributed by atoms with Gasteiger partial charge in [0, 0.05) is 19.1 Å². The number of benzene rings is 1. The van der Waals surface area contributed by atoms with Gasteiger partial charge < -0.3 is 10.2 Å². The molecule has 0 spiro atoms. The van der Waals surface area contributed by atoms with Crippen LogP contribution >= 0.6 is 0 Å². The Balaban J connectivity index is 2.03. The van der Waals surface area contributed by atoms with E-state index in [9.17, 15) is 0 Å². The molecule has 3 heteroatoms. The van der Waals surface area contributed by atoms with E-state index in [0.29, 0.717) is 6.04 Å². The SMILES string of the molecule is CC1CN2Cc3ccccc3N=C2N1. The smallest absolute Gasteiger partial charge is 0.199 e. The molecule has 3 nitrogen and oxygen atoms in total. The standard InChI is InChI=1S/C11H13N3/c1-8-6-14-7-9-4-2-3-5-10(9)13-11(14)12-8/h2-5,8H,6-7H2,1H3,(H,12,13). The Morgan fingerprint density at radius 1 is 1.43 bits per heavy atom. The van der Waals surface area contributed by atoms with Gasteiger partial charge in [-0.15, -0.1) is 0 Å². The first kappa shape index (κ1) is 7.85. The average Bonchev–Trinajstić information content (AvgIpc) is 2.53. The van der Waals surface area contributed by atoms with Gasteiger partial charge in [0.25, 0.3) is 0 Å². The number of fused-ring (bicyclic) bond motifs is 2. The van der Waals surface area contributed by atoms with Crippen molar-refractivity contribution < 1.29 is 0 Å². The van der Waals surface area contributed by atoms with E-state index in [2.05, 4.69) is 40.3 Å². The van der Waals surface area contributed by atoms with Crippen LogP contribution in [0.15, 0.2) is 29.3 Å². The molecule has 0 saturated carbocycles. The molecule has 0 aliphatic carbocycles. The molecule has 0 bridgehead atoms. The third-order valence-corrected chi connectivity index (χ3v) is 2.75. The molecule has 0 radical (unpaired) electrons. The Bertz CT molecular complexity index is 397. The quantitative estimate of drug-likeness (QED) is 0.666. The second-order valence-corrected chi connectivity index (χ2v) is 3.99. The lowest BCUT2D eigenvalue weighted by Crippen LogP contribution is -2.32. The van der Waals surface area contributed by atoms with Crippen LogP contribution in [0.1, 0.15) is 12.5 Å². The van der Waals surface area contributed by atoms with Gasteiger partial charge in [-0.1, -0.05) is 18.2 Å².